The number of carbonyl (C=O) groups excluding carboxylic acids is 1. The van der Waals surface area contributed by atoms with E-state index >= 15 is 0 Å². The van der Waals surface area contributed by atoms with E-state index in [2.05, 4.69) is 12.2 Å². The second kappa shape index (κ2) is 6.88. The quantitative estimate of drug-likeness (QED) is 0.620. The van der Waals surface area contributed by atoms with Crippen LogP contribution in [0.1, 0.15) is 71.1 Å². The Morgan fingerprint density at radius 1 is 1.10 bits per heavy atom. The van der Waals surface area contributed by atoms with Crippen molar-refractivity contribution in [3.8, 4) is 0 Å². The molecule has 0 radical (unpaired) electrons. The minimum absolute atomic E-state index is 0.167. The van der Waals surface area contributed by atoms with Crippen molar-refractivity contribution >= 4 is 23.1 Å². The van der Waals surface area contributed by atoms with Crippen LogP contribution >= 0.6 is 12.2 Å². The van der Waals surface area contributed by atoms with Gasteiger partial charge in [0.15, 0.2) is 0 Å². The summed E-state index contributed by atoms with van der Waals surface area (Å²) in [5.74, 6) is 1.12. The summed E-state index contributed by atoms with van der Waals surface area (Å²) in [6, 6.07) is 0. The largest absolute Gasteiger partial charge is 0.391 e. The number of rotatable bonds is 3. The molecule has 2 rings (SSSR count). The van der Waals surface area contributed by atoms with Gasteiger partial charge in [0.1, 0.15) is 0 Å². The van der Waals surface area contributed by atoms with Crippen LogP contribution in [-0.4, -0.2) is 16.4 Å². The van der Waals surface area contributed by atoms with Gasteiger partial charge in [-0.1, -0.05) is 44.8 Å². The highest BCUT2D eigenvalue weighted by Gasteiger charge is 2.37. The standard InChI is InChI=1S/C16H28N2OS/c1-12-6-8-13(9-7-12)14(19)18-16(15(17)20)10-4-2-3-5-11-16/h12-13H,2-11H2,1H3,(H2,17,20)(H,18,19). The van der Waals surface area contributed by atoms with E-state index in [1.807, 2.05) is 0 Å². The van der Waals surface area contributed by atoms with Crippen molar-refractivity contribution in [2.24, 2.45) is 17.6 Å². The van der Waals surface area contributed by atoms with Crippen LogP contribution in [0.4, 0.5) is 0 Å². The fourth-order valence-corrected chi connectivity index (χ4v) is 3.88. The average molecular weight is 296 g/mol. The summed E-state index contributed by atoms with van der Waals surface area (Å²) in [5.41, 5.74) is 5.58. The predicted octanol–water partition coefficient (Wildman–Crippen LogP) is 3.31. The monoisotopic (exact) mass is 296 g/mol. The summed E-state index contributed by atoms with van der Waals surface area (Å²) in [4.78, 5) is 13.1. The normalized spacial score (nSPS) is 30.2. The number of nitrogens with two attached hydrogens (primary N) is 1. The third-order valence-corrected chi connectivity index (χ3v) is 5.57. The van der Waals surface area contributed by atoms with Crippen molar-refractivity contribution in [2.45, 2.75) is 76.7 Å². The molecule has 4 heteroatoms. The lowest BCUT2D eigenvalue weighted by Crippen LogP contribution is -2.57. The molecule has 1 amide bonds. The Balaban J connectivity index is 2.00. The van der Waals surface area contributed by atoms with Crippen molar-refractivity contribution in [3.63, 3.8) is 0 Å². The Hall–Kier alpha value is -0.640. The lowest BCUT2D eigenvalue weighted by Gasteiger charge is -2.35. The van der Waals surface area contributed by atoms with E-state index in [1.54, 1.807) is 0 Å². The molecular weight excluding hydrogens is 268 g/mol. The first kappa shape index (κ1) is 15.7. The zero-order chi connectivity index (χ0) is 14.6. The molecule has 2 aliphatic carbocycles. The second-order valence-electron chi connectivity index (χ2n) is 6.81. The lowest BCUT2D eigenvalue weighted by molar-refractivity contribution is -0.127. The summed E-state index contributed by atoms with van der Waals surface area (Å²) in [7, 11) is 0. The van der Waals surface area contributed by atoms with E-state index in [4.69, 9.17) is 18.0 Å². The van der Waals surface area contributed by atoms with Crippen molar-refractivity contribution in [2.75, 3.05) is 0 Å². The molecule has 0 saturated heterocycles. The molecule has 0 bridgehead atoms. The molecule has 20 heavy (non-hydrogen) atoms. The van der Waals surface area contributed by atoms with E-state index < -0.39 is 5.54 Å². The Morgan fingerprint density at radius 2 is 1.65 bits per heavy atom. The van der Waals surface area contributed by atoms with E-state index in [0.29, 0.717) is 4.99 Å². The maximum Gasteiger partial charge on any atom is 0.223 e. The molecule has 0 unspecified atom stereocenters. The first-order chi connectivity index (χ1) is 9.53. The second-order valence-corrected chi connectivity index (χ2v) is 7.25. The third kappa shape index (κ3) is 3.72. The molecule has 114 valence electrons. The van der Waals surface area contributed by atoms with E-state index in [0.717, 1.165) is 57.3 Å². The number of hydrogen-bond acceptors (Lipinski definition) is 2. The molecule has 0 aromatic carbocycles. The van der Waals surface area contributed by atoms with Crippen LogP contribution < -0.4 is 11.1 Å². The summed E-state index contributed by atoms with van der Waals surface area (Å²) in [5, 5.41) is 3.25. The SMILES string of the molecule is CC1CCC(C(=O)NC2(C(N)=S)CCCCCC2)CC1. The third-order valence-electron chi connectivity index (χ3n) is 5.18. The average Bonchev–Trinajstić information content (AvgIpc) is 2.66. The molecule has 2 aliphatic rings. The van der Waals surface area contributed by atoms with Crippen LogP contribution in [0.5, 0.6) is 0 Å². The molecule has 0 heterocycles. The van der Waals surface area contributed by atoms with Crippen molar-refractivity contribution in [1.29, 1.82) is 0 Å². The van der Waals surface area contributed by atoms with Gasteiger partial charge in [-0.15, -0.1) is 0 Å². The number of hydrogen-bond donors (Lipinski definition) is 2. The Labute approximate surface area is 128 Å². The van der Waals surface area contributed by atoms with E-state index in [1.165, 1.54) is 12.8 Å². The molecular formula is C16H28N2OS. The van der Waals surface area contributed by atoms with Crippen molar-refractivity contribution in [3.05, 3.63) is 0 Å². The minimum atomic E-state index is -0.411. The van der Waals surface area contributed by atoms with Gasteiger partial charge in [0.2, 0.25) is 5.91 Å². The number of amides is 1. The molecule has 0 spiro atoms. The Kier molecular flexibility index (Phi) is 5.42. The lowest BCUT2D eigenvalue weighted by atomic mass is 9.81. The highest BCUT2D eigenvalue weighted by Crippen LogP contribution is 2.31. The minimum Gasteiger partial charge on any atom is -0.391 e. The highest BCUT2D eigenvalue weighted by atomic mass is 32.1. The number of nitrogens with one attached hydrogen (secondary N) is 1. The molecule has 2 fully saturated rings. The van der Waals surface area contributed by atoms with Crippen LogP contribution in [0.2, 0.25) is 0 Å². The van der Waals surface area contributed by atoms with E-state index in [9.17, 15) is 4.79 Å². The van der Waals surface area contributed by atoms with Gasteiger partial charge in [0, 0.05) is 5.92 Å². The highest BCUT2D eigenvalue weighted by molar-refractivity contribution is 7.80. The Morgan fingerprint density at radius 3 is 2.15 bits per heavy atom. The molecule has 2 saturated carbocycles. The first-order valence-corrected chi connectivity index (χ1v) is 8.56. The molecule has 0 aliphatic heterocycles. The first-order valence-electron chi connectivity index (χ1n) is 8.15. The summed E-state index contributed by atoms with van der Waals surface area (Å²) in [6.07, 6.45) is 10.9. The summed E-state index contributed by atoms with van der Waals surface area (Å²) < 4.78 is 0. The van der Waals surface area contributed by atoms with Gasteiger partial charge in [0.25, 0.3) is 0 Å². The number of carbonyl (C=O) groups is 1. The zero-order valence-corrected chi connectivity index (χ0v) is 13.4. The Bertz CT molecular complexity index is 353. The summed E-state index contributed by atoms with van der Waals surface area (Å²) in [6.45, 7) is 2.27. The maximum atomic E-state index is 12.6. The van der Waals surface area contributed by atoms with E-state index in [-0.39, 0.29) is 11.8 Å². The topological polar surface area (TPSA) is 55.1 Å². The van der Waals surface area contributed by atoms with Gasteiger partial charge in [-0.05, 0) is 44.4 Å². The molecule has 0 aromatic heterocycles. The maximum absolute atomic E-state index is 12.6. The fraction of sp³-hybridized carbons (Fsp3) is 0.875. The molecule has 0 atom stereocenters. The van der Waals surface area contributed by atoms with Gasteiger partial charge in [-0.3, -0.25) is 4.79 Å². The number of thiocarbonyl (C=S) groups is 1. The van der Waals surface area contributed by atoms with Gasteiger partial charge in [-0.2, -0.15) is 0 Å². The van der Waals surface area contributed by atoms with Crippen LogP contribution in [0.3, 0.4) is 0 Å². The van der Waals surface area contributed by atoms with Gasteiger partial charge in [0.05, 0.1) is 10.5 Å². The zero-order valence-electron chi connectivity index (χ0n) is 12.6. The molecule has 3 nitrogen and oxygen atoms in total. The smallest absolute Gasteiger partial charge is 0.223 e. The van der Waals surface area contributed by atoms with Crippen molar-refractivity contribution in [1.82, 2.24) is 5.32 Å². The summed E-state index contributed by atoms with van der Waals surface area (Å²) >= 11 is 5.29. The van der Waals surface area contributed by atoms with Gasteiger partial charge >= 0.3 is 0 Å². The van der Waals surface area contributed by atoms with Crippen LogP contribution in [-0.2, 0) is 4.79 Å². The van der Waals surface area contributed by atoms with Crippen LogP contribution in [0.15, 0.2) is 0 Å². The fourth-order valence-electron chi connectivity index (χ4n) is 3.63. The van der Waals surface area contributed by atoms with Crippen molar-refractivity contribution < 1.29 is 4.79 Å². The molecule has 0 aromatic rings. The predicted molar refractivity (Wildman–Crippen MR) is 86.5 cm³/mol. The molecule has 3 N–H and O–H groups in total. The van der Waals surface area contributed by atoms with Crippen LogP contribution in [0, 0.1) is 11.8 Å². The van der Waals surface area contributed by atoms with Crippen LogP contribution in [0.25, 0.3) is 0 Å². The van der Waals surface area contributed by atoms with Gasteiger partial charge in [-0.25, -0.2) is 0 Å². The van der Waals surface area contributed by atoms with Gasteiger partial charge < -0.3 is 11.1 Å².